The van der Waals surface area contributed by atoms with Gasteiger partial charge in [0.1, 0.15) is 6.04 Å². The van der Waals surface area contributed by atoms with Gasteiger partial charge in [0, 0.05) is 32.1 Å². The standard InChI is InChI=1S/C23H31ClF3N3O2/c1-15(2)20(28-19-7-6-17(14-18(19)24)23(25,26)27)22(32)30-12-8-16(9-13-30)21(31)29-10-4-3-5-11-29/h6-7,14-16,20,28H,3-5,8-13H2,1-2H3. The van der Waals surface area contributed by atoms with Gasteiger partial charge >= 0.3 is 6.18 Å². The van der Waals surface area contributed by atoms with E-state index in [1.165, 1.54) is 12.5 Å². The highest BCUT2D eigenvalue weighted by molar-refractivity contribution is 6.33. The summed E-state index contributed by atoms with van der Waals surface area (Å²) in [6.45, 7) is 6.39. The lowest BCUT2D eigenvalue weighted by Crippen LogP contribution is -2.50. The smallest absolute Gasteiger partial charge is 0.372 e. The lowest BCUT2D eigenvalue weighted by Gasteiger charge is -2.37. The van der Waals surface area contributed by atoms with E-state index in [0.717, 1.165) is 38.1 Å². The zero-order valence-corrected chi connectivity index (χ0v) is 19.3. The Bertz CT molecular complexity index is 817. The first-order chi connectivity index (χ1) is 15.1. The SMILES string of the molecule is CC(C)C(Nc1ccc(C(F)(F)F)cc1Cl)C(=O)N1CCC(C(=O)N2CCCCC2)CC1. The van der Waals surface area contributed by atoms with E-state index in [4.69, 9.17) is 11.6 Å². The van der Waals surface area contributed by atoms with Crippen molar-refractivity contribution in [2.45, 2.75) is 58.2 Å². The maximum Gasteiger partial charge on any atom is 0.416 e. The number of hydrogen-bond donors (Lipinski definition) is 1. The monoisotopic (exact) mass is 473 g/mol. The molecule has 32 heavy (non-hydrogen) atoms. The summed E-state index contributed by atoms with van der Waals surface area (Å²) in [7, 11) is 0. The summed E-state index contributed by atoms with van der Waals surface area (Å²) in [6, 6.07) is 2.45. The molecule has 2 aliphatic rings. The predicted octanol–water partition coefficient (Wildman–Crippen LogP) is 5.05. The van der Waals surface area contributed by atoms with Crippen molar-refractivity contribution >= 4 is 29.1 Å². The van der Waals surface area contributed by atoms with E-state index < -0.39 is 17.8 Å². The molecule has 3 rings (SSSR count). The number of anilines is 1. The highest BCUT2D eigenvalue weighted by Gasteiger charge is 2.35. The molecule has 0 aliphatic carbocycles. The molecule has 0 radical (unpaired) electrons. The number of rotatable bonds is 5. The molecule has 1 N–H and O–H groups in total. The van der Waals surface area contributed by atoms with Crippen molar-refractivity contribution in [2.75, 3.05) is 31.5 Å². The van der Waals surface area contributed by atoms with Gasteiger partial charge in [0.05, 0.1) is 16.3 Å². The van der Waals surface area contributed by atoms with E-state index in [9.17, 15) is 22.8 Å². The van der Waals surface area contributed by atoms with E-state index >= 15 is 0 Å². The number of hydrogen-bond acceptors (Lipinski definition) is 3. The van der Waals surface area contributed by atoms with Crippen LogP contribution in [0.15, 0.2) is 18.2 Å². The Morgan fingerprint density at radius 1 is 1.03 bits per heavy atom. The predicted molar refractivity (Wildman–Crippen MR) is 118 cm³/mol. The van der Waals surface area contributed by atoms with Gasteiger partial charge in [-0.1, -0.05) is 25.4 Å². The first kappa shape index (κ1) is 24.7. The number of carbonyl (C=O) groups excluding carboxylic acids is 2. The van der Waals surface area contributed by atoms with E-state index in [0.29, 0.717) is 31.6 Å². The Labute approximate surface area is 192 Å². The molecular weight excluding hydrogens is 443 g/mol. The van der Waals surface area contributed by atoms with Crippen LogP contribution in [0.1, 0.15) is 51.5 Å². The lowest BCUT2D eigenvalue weighted by atomic mass is 9.93. The van der Waals surface area contributed by atoms with E-state index in [1.54, 1.807) is 4.90 Å². The van der Waals surface area contributed by atoms with Crippen molar-refractivity contribution in [1.82, 2.24) is 9.80 Å². The maximum atomic E-state index is 13.2. The van der Waals surface area contributed by atoms with Crippen LogP contribution in [-0.4, -0.2) is 53.8 Å². The number of alkyl halides is 3. The van der Waals surface area contributed by atoms with Gasteiger partial charge in [0.2, 0.25) is 11.8 Å². The van der Waals surface area contributed by atoms with E-state index in [1.807, 2.05) is 18.7 Å². The average Bonchev–Trinajstić information content (AvgIpc) is 2.77. The molecule has 1 unspecified atom stereocenters. The van der Waals surface area contributed by atoms with Crippen LogP contribution in [0.5, 0.6) is 0 Å². The van der Waals surface area contributed by atoms with Crippen molar-refractivity contribution in [3.8, 4) is 0 Å². The first-order valence-electron chi connectivity index (χ1n) is 11.3. The summed E-state index contributed by atoms with van der Waals surface area (Å²) >= 11 is 6.07. The summed E-state index contributed by atoms with van der Waals surface area (Å²) in [5.41, 5.74) is -0.539. The highest BCUT2D eigenvalue weighted by Crippen LogP contribution is 2.34. The Morgan fingerprint density at radius 2 is 1.66 bits per heavy atom. The third kappa shape index (κ3) is 5.88. The molecule has 5 nitrogen and oxygen atoms in total. The van der Waals surface area contributed by atoms with Crippen LogP contribution in [0, 0.1) is 11.8 Å². The molecule has 1 aromatic carbocycles. The van der Waals surface area contributed by atoms with Crippen molar-refractivity contribution in [2.24, 2.45) is 11.8 Å². The fourth-order valence-electron chi connectivity index (χ4n) is 4.41. The fourth-order valence-corrected chi connectivity index (χ4v) is 4.64. The minimum absolute atomic E-state index is 0.0491. The van der Waals surface area contributed by atoms with Crippen LogP contribution in [0.25, 0.3) is 0 Å². The number of piperidine rings is 2. The second-order valence-electron chi connectivity index (χ2n) is 9.04. The second-order valence-corrected chi connectivity index (χ2v) is 9.45. The van der Waals surface area contributed by atoms with Crippen LogP contribution in [0.2, 0.25) is 5.02 Å². The summed E-state index contributed by atoms with van der Waals surface area (Å²) in [5, 5.41) is 2.96. The number of likely N-dealkylation sites (tertiary alicyclic amines) is 2. The first-order valence-corrected chi connectivity index (χ1v) is 11.7. The molecule has 0 saturated carbocycles. The van der Waals surface area contributed by atoms with Gasteiger partial charge in [-0.3, -0.25) is 9.59 Å². The van der Waals surface area contributed by atoms with Crippen LogP contribution in [0.3, 0.4) is 0 Å². The summed E-state index contributed by atoms with van der Waals surface area (Å²) in [5.74, 6) is -0.0766. The van der Waals surface area contributed by atoms with Gasteiger partial charge in [-0.25, -0.2) is 0 Å². The summed E-state index contributed by atoms with van der Waals surface area (Å²) in [6.07, 6.45) is 0.0587. The molecule has 2 saturated heterocycles. The maximum absolute atomic E-state index is 13.2. The zero-order chi connectivity index (χ0) is 23.5. The van der Waals surface area contributed by atoms with Crippen molar-refractivity contribution in [3.05, 3.63) is 28.8 Å². The topological polar surface area (TPSA) is 52.7 Å². The minimum Gasteiger partial charge on any atom is -0.372 e. The molecule has 1 atom stereocenters. The van der Waals surface area contributed by atoms with Crippen LogP contribution < -0.4 is 5.32 Å². The quantitative estimate of drug-likeness (QED) is 0.651. The van der Waals surface area contributed by atoms with Gasteiger partial charge in [0.25, 0.3) is 0 Å². The largest absolute Gasteiger partial charge is 0.416 e. The fraction of sp³-hybridized carbons (Fsp3) is 0.652. The molecule has 2 aliphatic heterocycles. The van der Waals surface area contributed by atoms with Crippen LogP contribution >= 0.6 is 11.6 Å². The molecule has 2 amide bonds. The summed E-state index contributed by atoms with van der Waals surface area (Å²) < 4.78 is 38.7. The van der Waals surface area contributed by atoms with Gasteiger partial charge < -0.3 is 15.1 Å². The number of amides is 2. The Morgan fingerprint density at radius 3 is 2.19 bits per heavy atom. The molecule has 1 aromatic rings. The third-order valence-corrected chi connectivity index (χ3v) is 6.68. The van der Waals surface area contributed by atoms with E-state index in [-0.39, 0.29) is 28.7 Å². The number of benzene rings is 1. The average molecular weight is 474 g/mol. The van der Waals surface area contributed by atoms with Gasteiger partial charge in [-0.15, -0.1) is 0 Å². The highest BCUT2D eigenvalue weighted by atomic mass is 35.5. The third-order valence-electron chi connectivity index (χ3n) is 6.36. The molecule has 2 heterocycles. The van der Waals surface area contributed by atoms with Crippen molar-refractivity contribution in [3.63, 3.8) is 0 Å². The number of nitrogens with one attached hydrogen (secondary N) is 1. The Kier molecular flexibility index (Phi) is 7.96. The molecule has 2 fully saturated rings. The van der Waals surface area contributed by atoms with Crippen LogP contribution in [0.4, 0.5) is 18.9 Å². The number of carbonyl (C=O) groups is 2. The Hall–Kier alpha value is -1.96. The van der Waals surface area contributed by atoms with Crippen molar-refractivity contribution in [1.29, 1.82) is 0 Å². The minimum atomic E-state index is -4.48. The Balaban J connectivity index is 1.62. The molecule has 0 aromatic heterocycles. The van der Waals surface area contributed by atoms with Crippen LogP contribution in [-0.2, 0) is 15.8 Å². The number of nitrogens with zero attached hydrogens (tertiary/aromatic N) is 2. The normalized spacial score (nSPS) is 19.2. The zero-order valence-electron chi connectivity index (χ0n) is 18.6. The molecular formula is C23H31ClF3N3O2. The van der Waals surface area contributed by atoms with Gasteiger partial charge in [0.15, 0.2) is 0 Å². The number of halogens is 4. The van der Waals surface area contributed by atoms with E-state index in [2.05, 4.69) is 5.32 Å². The van der Waals surface area contributed by atoms with Gasteiger partial charge in [-0.2, -0.15) is 13.2 Å². The molecule has 0 bridgehead atoms. The van der Waals surface area contributed by atoms with Gasteiger partial charge in [-0.05, 0) is 56.2 Å². The molecule has 9 heteroatoms. The van der Waals surface area contributed by atoms with Crippen molar-refractivity contribution < 1.29 is 22.8 Å². The second kappa shape index (κ2) is 10.3. The summed E-state index contributed by atoms with van der Waals surface area (Å²) in [4.78, 5) is 29.7. The molecule has 0 spiro atoms. The molecule has 178 valence electrons. The lowest BCUT2D eigenvalue weighted by molar-refractivity contribution is -0.142.